The van der Waals surface area contributed by atoms with E-state index in [0.717, 1.165) is 6.42 Å². The van der Waals surface area contributed by atoms with Gasteiger partial charge in [-0.15, -0.1) is 19.3 Å². The molecule has 0 aromatic carbocycles. The molecule has 0 N–H and O–H groups in total. The van der Waals surface area contributed by atoms with Gasteiger partial charge in [0.1, 0.15) is 0 Å². The summed E-state index contributed by atoms with van der Waals surface area (Å²) in [7, 11) is 0. The second kappa shape index (κ2) is 9.75. The van der Waals surface area contributed by atoms with Gasteiger partial charge >= 0.3 is 0 Å². The van der Waals surface area contributed by atoms with Crippen molar-refractivity contribution in [3.63, 3.8) is 0 Å². The number of hydrogen-bond acceptors (Lipinski definition) is 0. The summed E-state index contributed by atoms with van der Waals surface area (Å²) < 4.78 is 0. The summed E-state index contributed by atoms with van der Waals surface area (Å²) >= 11 is 0. The smallest absolute Gasteiger partial charge is 0 e. The Balaban J connectivity index is 0. The topological polar surface area (TPSA) is 0 Å². The van der Waals surface area contributed by atoms with Crippen molar-refractivity contribution in [1.29, 1.82) is 0 Å². The van der Waals surface area contributed by atoms with Crippen LogP contribution in [0.4, 0.5) is 0 Å². The molecule has 0 unspecified atom stereocenters. The van der Waals surface area contributed by atoms with Crippen LogP contribution in [0.3, 0.4) is 0 Å². The zero-order valence-corrected chi connectivity index (χ0v) is 5.55. The van der Waals surface area contributed by atoms with Gasteiger partial charge < -0.3 is 0 Å². The molecule has 0 nitrogen and oxygen atoms in total. The van der Waals surface area contributed by atoms with Gasteiger partial charge in [-0.2, -0.15) is 6.08 Å². The van der Waals surface area contributed by atoms with Gasteiger partial charge in [0.05, 0.1) is 0 Å². The number of rotatable bonds is 0. The molecule has 8 heavy (non-hydrogen) atoms. The number of hydrogen-bond donors (Lipinski definition) is 0. The van der Waals surface area contributed by atoms with E-state index in [9.17, 15) is 0 Å². The summed E-state index contributed by atoms with van der Waals surface area (Å²) in [4.78, 5) is 0. The van der Waals surface area contributed by atoms with Crippen LogP contribution in [0.25, 0.3) is 0 Å². The minimum atomic E-state index is 0. The Bertz CT molecular complexity index is 88.2. The molecule has 0 spiro atoms. The minimum absolute atomic E-state index is 0. The van der Waals surface area contributed by atoms with E-state index < -0.39 is 0 Å². The van der Waals surface area contributed by atoms with Crippen LogP contribution in [0.5, 0.6) is 0 Å². The average Bonchev–Trinajstić information content (AvgIpc) is 2.23. The van der Waals surface area contributed by atoms with Crippen molar-refractivity contribution in [2.75, 3.05) is 0 Å². The van der Waals surface area contributed by atoms with Crippen molar-refractivity contribution in [3.8, 4) is 12.8 Å². The first-order chi connectivity index (χ1) is 3.50. The summed E-state index contributed by atoms with van der Waals surface area (Å²) in [5.74, 6) is 0. The van der Waals surface area contributed by atoms with Crippen molar-refractivity contribution in [2.24, 2.45) is 0 Å². The van der Waals surface area contributed by atoms with Gasteiger partial charge in [0.2, 0.25) is 0 Å². The van der Waals surface area contributed by atoms with Crippen LogP contribution in [0, 0.1) is 18.9 Å². The predicted molar refractivity (Wildman–Crippen MR) is 31.5 cm³/mol. The average molecular weight is 147 g/mol. The molecule has 0 fully saturated rings. The Hall–Kier alpha value is -0.441. The van der Waals surface area contributed by atoms with Gasteiger partial charge in [0.15, 0.2) is 0 Å². The van der Waals surface area contributed by atoms with Crippen molar-refractivity contribution in [1.82, 2.24) is 0 Å². The van der Waals surface area contributed by atoms with Crippen LogP contribution in [0.15, 0.2) is 18.2 Å². The van der Waals surface area contributed by atoms with E-state index in [2.05, 4.69) is 25.0 Å². The van der Waals surface area contributed by atoms with Crippen LogP contribution >= 0.6 is 0 Å². The Kier molecular flexibility index (Phi) is 12.8. The van der Waals surface area contributed by atoms with Crippen LogP contribution in [0.1, 0.15) is 6.42 Å². The minimum Gasteiger partial charge on any atom is -0.273 e. The van der Waals surface area contributed by atoms with Crippen molar-refractivity contribution in [2.45, 2.75) is 6.42 Å². The van der Waals surface area contributed by atoms with Gasteiger partial charge in [-0.25, -0.2) is 12.2 Å². The molecule has 0 radical (unpaired) electrons. The zero-order chi connectivity index (χ0) is 5.54. The quantitative estimate of drug-likeness (QED) is 0.277. The number of allylic oxidation sites excluding steroid dienone is 4. The summed E-state index contributed by atoms with van der Waals surface area (Å²) in [6, 6.07) is 0. The molecule has 0 atom stereocenters. The predicted octanol–water partition coefficient (Wildman–Crippen LogP) is 1.55. The van der Waals surface area contributed by atoms with Crippen LogP contribution in [0.2, 0.25) is 0 Å². The molecule has 0 aromatic rings. The second-order valence-corrected chi connectivity index (χ2v) is 1.00. The molecular weight excluding hydrogens is 140 g/mol. The van der Waals surface area contributed by atoms with Gasteiger partial charge in [-0.05, 0) is 0 Å². The Morgan fingerprint density at radius 2 is 2.00 bits per heavy atom. The number of terminal acetylenes is 1. The first kappa shape index (κ1) is 10.5. The molecule has 0 aliphatic heterocycles. The molecule has 1 aliphatic carbocycles. The van der Waals surface area contributed by atoms with E-state index in [1.807, 2.05) is 12.2 Å². The van der Waals surface area contributed by atoms with E-state index in [-0.39, 0.29) is 17.1 Å². The van der Waals surface area contributed by atoms with E-state index in [0.29, 0.717) is 0 Å². The van der Waals surface area contributed by atoms with E-state index in [1.54, 1.807) is 0 Å². The van der Waals surface area contributed by atoms with E-state index >= 15 is 0 Å². The molecule has 44 valence electrons. The van der Waals surface area contributed by atoms with Crippen LogP contribution in [-0.2, 0) is 17.1 Å². The molecule has 0 aromatic heterocycles. The molecule has 1 heteroatoms. The third kappa shape index (κ3) is 5.56. The van der Waals surface area contributed by atoms with Gasteiger partial charge in [0.25, 0.3) is 0 Å². The fraction of sp³-hybridized carbons (Fsp3) is 0.143. The molecule has 0 amide bonds. The molecule has 1 aliphatic rings. The summed E-state index contributed by atoms with van der Waals surface area (Å²) in [6.45, 7) is 0. The molecule has 0 bridgehead atoms. The second-order valence-electron chi connectivity index (χ2n) is 1.00. The Labute approximate surface area is 61.1 Å². The maximum absolute atomic E-state index is 4.00. The zero-order valence-electron chi connectivity index (χ0n) is 4.45. The van der Waals surface area contributed by atoms with E-state index in [4.69, 9.17) is 0 Å². The van der Waals surface area contributed by atoms with Gasteiger partial charge in [-0.1, -0.05) is 0 Å². The normalized spacial score (nSPS) is 11.2. The van der Waals surface area contributed by atoms with Gasteiger partial charge in [0, 0.05) is 17.1 Å². The maximum Gasteiger partial charge on any atom is 0 e. The Morgan fingerprint density at radius 3 is 2.12 bits per heavy atom. The molecule has 0 saturated heterocycles. The van der Waals surface area contributed by atoms with Crippen molar-refractivity contribution >= 4 is 0 Å². The van der Waals surface area contributed by atoms with Gasteiger partial charge in [-0.3, -0.25) is 6.08 Å². The molecular formula is C7H7Fe-. The van der Waals surface area contributed by atoms with Crippen LogP contribution in [-0.4, -0.2) is 0 Å². The fourth-order valence-corrected chi connectivity index (χ4v) is 0.340. The monoisotopic (exact) mass is 147 g/mol. The Morgan fingerprint density at radius 1 is 1.38 bits per heavy atom. The maximum atomic E-state index is 4.00. The molecule has 1 rings (SSSR count). The van der Waals surface area contributed by atoms with Crippen LogP contribution < -0.4 is 0 Å². The first-order valence-electron chi connectivity index (χ1n) is 2.05. The van der Waals surface area contributed by atoms with E-state index in [1.165, 1.54) is 0 Å². The first-order valence-corrected chi connectivity index (χ1v) is 2.05. The van der Waals surface area contributed by atoms with Crippen molar-refractivity contribution in [3.05, 3.63) is 24.3 Å². The third-order valence-electron chi connectivity index (χ3n) is 0.586. The molecule has 0 heterocycles. The standard InChI is InChI=1S/C5H5.C2H2.Fe/c1-2-4-5-3-1;1-2;/h1-3H,4H2;1-2H;/q-1;;. The third-order valence-corrected chi connectivity index (χ3v) is 0.586. The summed E-state index contributed by atoms with van der Waals surface area (Å²) in [5, 5.41) is 0. The van der Waals surface area contributed by atoms with Crippen molar-refractivity contribution < 1.29 is 17.1 Å². The summed E-state index contributed by atoms with van der Waals surface area (Å²) in [6.07, 6.45) is 18.0. The fourth-order valence-electron chi connectivity index (χ4n) is 0.340. The SMILES string of the molecule is C#C.[C-]1=CC=CC1.[Fe]. The summed E-state index contributed by atoms with van der Waals surface area (Å²) in [5.41, 5.74) is 0. The largest absolute Gasteiger partial charge is 0.273 e. The molecule has 0 saturated carbocycles.